The van der Waals surface area contributed by atoms with Crippen LogP contribution in [-0.4, -0.2) is 60.2 Å². The van der Waals surface area contributed by atoms with Gasteiger partial charge in [0, 0.05) is 0 Å². The van der Waals surface area contributed by atoms with Crippen LogP contribution in [0.1, 0.15) is 30.5 Å². The molecule has 3 saturated heterocycles. The molecule has 210 valence electrons. The van der Waals surface area contributed by atoms with Crippen molar-refractivity contribution >= 4 is 5.91 Å². The van der Waals surface area contributed by atoms with E-state index >= 15 is 0 Å². The van der Waals surface area contributed by atoms with Gasteiger partial charge in [-0.2, -0.15) is 0 Å². The molecule has 7 heteroatoms. The number of benzene rings is 3. The molecule has 0 unspecified atom stereocenters. The topological polar surface area (TPSA) is 66.5 Å². The SMILES string of the molecule is CC1(C)OC[C@H]([C@H]2C(=O)N3[C@H]2[C@@H](OCc2ccccc2)[C@H](OCc2ccccc2)[C@@H]3COCc2ccccc2)O1. The lowest BCUT2D eigenvalue weighted by Crippen LogP contribution is -2.67. The maximum absolute atomic E-state index is 13.7. The Morgan fingerprint density at radius 2 is 1.30 bits per heavy atom. The molecule has 0 radical (unpaired) electrons. The van der Waals surface area contributed by atoms with Gasteiger partial charge in [-0.25, -0.2) is 0 Å². The molecular weight excluding hydrogens is 506 g/mol. The number of hydrogen-bond acceptors (Lipinski definition) is 6. The molecule has 3 fully saturated rings. The Bertz CT molecular complexity index is 1250. The van der Waals surface area contributed by atoms with Gasteiger partial charge in [-0.1, -0.05) is 91.0 Å². The first kappa shape index (κ1) is 27.1. The highest BCUT2D eigenvalue weighted by Crippen LogP contribution is 2.47. The van der Waals surface area contributed by atoms with E-state index in [2.05, 4.69) is 0 Å². The van der Waals surface area contributed by atoms with Crippen LogP contribution in [0.4, 0.5) is 0 Å². The lowest BCUT2D eigenvalue weighted by Gasteiger charge is -2.48. The van der Waals surface area contributed by atoms with Gasteiger partial charge in [-0.05, 0) is 30.5 Å². The second-order valence-electron chi connectivity index (χ2n) is 11.2. The molecule has 0 aromatic heterocycles. The maximum atomic E-state index is 13.7. The summed E-state index contributed by atoms with van der Waals surface area (Å²) in [5.74, 6) is -1.03. The number of amides is 1. The summed E-state index contributed by atoms with van der Waals surface area (Å²) < 4.78 is 31.5. The van der Waals surface area contributed by atoms with Crippen LogP contribution in [0.3, 0.4) is 0 Å². The van der Waals surface area contributed by atoms with Crippen molar-refractivity contribution in [2.45, 2.75) is 69.9 Å². The van der Waals surface area contributed by atoms with Crippen molar-refractivity contribution in [1.29, 1.82) is 0 Å². The van der Waals surface area contributed by atoms with Crippen molar-refractivity contribution in [2.75, 3.05) is 13.2 Å². The fraction of sp³-hybridized carbons (Fsp3) is 0.424. The van der Waals surface area contributed by atoms with Crippen molar-refractivity contribution in [3.63, 3.8) is 0 Å². The predicted molar refractivity (Wildman–Crippen MR) is 149 cm³/mol. The number of fused-ring (bicyclic) bond motifs is 1. The minimum absolute atomic E-state index is 0.0451. The van der Waals surface area contributed by atoms with Gasteiger partial charge in [-0.15, -0.1) is 0 Å². The van der Waals surface area contributed by atoms with Crippen molar-refractivity contribution in [1.82, 2.24) is 4.90 Å². The van der Waals surface area contributed by atoms with Crippen molar-refractivity contribution in [3.8, 4) is 0 Å². The van der Waals surface area contributed by atoms with E-state index in [9.17, 15) is 4.79 Å². The van der Waals surface area contributed by atoms with Crippen LogP contribution in [0.5, 0.6) is 0 Å². The highest BCUT2D eigenvalue weighted by Gasteiger charge is 2.67. The fourth-order valence-electron chi connectivity index (χ4n) is 6.13. The van der Waals surface area contributed by atoms with Gasteiger partial charge in [0.2, 0.25) is 5.91 Å². The van der Waals surface area contributed by atoms with Crippen LogP contribution in [0.2, 0.25) is 0 Å². The lowest BCUT2D eigenvalue weighted by atomic mass is 9.82. The van der Waals surface area contributed by atoms with Crippen molar-refractivity contribution in [3.05, 3.63) is 108 Å². The quantitative estimate of drug-likeness (QED) is 0.326. The third-order valence-electron chi connectivity index (χ3n) is 8.03. The summed E-state index contributed by atoms with van der Waals surface area (Å²) in [6.07, 6.45) is -1.04. The Morgan fingerprint density at radius 3 is 1.82 bits per heavy atom. The second kappa shape index (κ2) is 11.8. The van der Waals surface area contributed by atoms with E-state index in [0.29, 0.717) is 33.0 Å². The molecule has 3 aromatic rings. The molecule has 7 nitrogen and oxygen atoms in total. The summed E-state index contributed by atoms with van der Waals surface area (Å²) >= 11 is 0. The number of β-lactam (4-membered cyclic amide) rings is 1. The van der Waals surface area contributed by atoms with E-state index in [1.54, 1.807) is 0 Å². The van der Waals surface area contributed by atoms with Gasteiger partial charge in [0.1, 0.15) is 12.2 Å². The number of hydrogen-bond donors (Lipinski definition) is 0. The fourth-order valence-corrected chi connectivity index (χ4v) is 6.13. The summed E-state index contributed by atoms with van der Waals surface area (Å²) in [7, 11) is 0. The van der Waals surface area contributed by atoms with Gasteiger partial charge in [0.15, 0.2) is 5.79 Å². The number of carbonyl (C=O) groups is 1. The molecule has 0 bridgehead atoms. The molecule has 6 rings (SSSR count). The minimum Gasteiger partial charge on any atom is -0.375 e. The van der Waals surface area contributed by atoms with Crippen LogP contribution in [0.25, 0.3) is 0 Å². The molecule has 1 amide bonds. The molecule has 40 heavy (non-hydrogen) atoms. The number of rotatable bonds is 11. The Balaban J connectivity index is 1.26. The first-order valence-electron chi connectivity index (χ1n) is 14.1. The van der Waals surface area contributed by atoms with E-state index in [-0.39, 0.29) is 42.2 Å². The third kappa shape index (κ3) is 5.71. The normalized spacial score (nSPS) is 28.9. The number of nitrogens with zero attached hydrogens (tertiary/aromatic N) is 1. The monoisotopic (exact) mass is 543 g/mol. The van der Waals surface area contributed by atoms with Gasteiger partial charge >= 0.3 is 0 Å². The predicted octanol–water partition coefficient (Wildman–Crippen LogP) is 4.73. The summed E-state index contributed by atoms with van der Waals surface area (Å²) in [5, 5.41) is 0. The second-order valence-corrected chi connectivity index (χ2v) is 11.2. The molecule has 3 aromatic carbocycles. The van der Waals surface area contributed by atoms with Crippen molar-refractivity contribution in [2.24, 2.45) is 5.92 Å². The third-order valence-corrected chi connectivity index (χ3v) is 8.03. The largest absolute Gasteiger partial charge is 0.375 e. The highest BCUT2D eigenvalue weighted by molar-refractivity contribution is 5.88. The highest BCUT2D eigenvalue weighted by atomic mass is 16.7. The van der Waals surface area contributed by atoms with Gasteiger partial charge < -0.3 is 28.6 Å². The molecule has 3 aliphatic rings. The summed E-state index contributed by atoms with van der Waals surface area (Å²) in [4.78, 5) is 15.7. The van der Waals surface area contributed by atoms with E-state index in [1.807, 2.05) is 110 Å². The average Bonchev–Trinajstić information content (AvgIpc) is 3.46. The summed E-state index contributed by atoms with van der Waals surface area (Å²) in [6, 6.07) is 29.8. The van der Waals surface area contributed by atoms with Gasteiger partial charge in [0.05, 0.1) is 57.1 Å². The molecular formula is C33H37NO6. The molecule has 3 aliphatic heterocycles. The summed E-state index contributed by atoms with van der Waals surface area (Å²) in [5.41, 5.74) is 3.23. The Kier molecular flexibility index (Phi) is 8.01. The van der Waals surface area contributed by atoms with Crippen LogP contribution in [0, 0.1) is 5.92 Å². The van der Waals surface area contributed by atoms with Crippen molar-refractivity contribution < 1.29 is 28.5 Å². The van der Waals surface area contributed by atoms with Crippen LogP contribution in [-0.2, 0) is 48.3 Å². The van der Waals surface area contributed by atoms with Gasteiger partial charge in [0.25, 0.3) is 0 Å². The molecule has 0 spiro atoms. The van der Waals surface area contributed by atoms with E-state index in [0.717, 1.165) is 16.7 Å². The molecule has 0 saturated carbocycles. The molecule has 0 aliphatic carbocycles. The zero-order valence-electron chi connectivity index (χ0n) is 23.1. The van der Waals surface area contributed by atoms with E-state index in [4.69, 9.17) is 23.7 Å². The summed E-state index contributed by atoms with van der Waals surface area (Å²) in [6.45, 7) is 5.80. The zero-order chi connectivity index (χ0) is 27.5. The van der Waals surface area contributed by atoms with E-state index in [1.165, 1.54) is 0 Å². The Hall–Kier alpha value is -3.07. The van der Waals surface area contributed by atoms with Crippen LogP contribution >= 0.6 is 0 Å². The maximum Gasteiger partial charge on any atom is 0.231 e. The average molecular weight is 544 g/mol. The van der Waals surface area contributed by atoms with Crippen LogP contribution in [0.15, 0.2) is 91.0 Å². The van der Waals surface area contributed by atoms with Gasteiger partial charge in [-0.3, -0.25) is 4.79 Å². The first-order valence-corrected chi connectivity index (χ1v) is 14.1. The number of carbonyl (C=O) groups excluding carboxylic acids is 1. The Morgan fingerprint density at radius 1 is 0.775 bits per heavy atom. The van der Waals surface area contributed by atoms with Crippen LogP contribution < -0.4 is 0 Å². The zero-order valence-corrected chi connectivity index (χ0v) is 23.1. The molecule has 0 N–H and O–H groups in total. The lowest BCUT2D eigenvalue weighted by molar-refractivity contribution is -0.185. The Labute approximate surface area is 235 Å². The molecule has 3 heterocycles. The number of ether oxygens (including phenoxy) is 5. The first-order chi connectivity index (χ1) is 19.5. The molecule has 6 atom stereocenters. The van der Waals surface area contributed by atoms with E-state index < -0.39 is 5.79 Å². The smallest absolute Gasteiger partial charge is 0.231 e. The standard InChI is InChI=1S/C33H37NO6/c1-33(2)39-22-27(40-33)28-29-31(38-20-25-16-10-5-11-17-25)30(37-19-24-14-8-4-9-15-24)26(34(29)32(28)35)21-36-18-23-12-6-3-7-13-23/h3-17,26-31H,18-22H2,1-2H3/t26-,27+,28+,29+,30+,31+/m0/s1. The minimum atomic E-state index is -0.716.